The lowest BCUT2D eigenvalue weighted by atomic mass is 9.78. The molecule has 0 aromatic carbocycles. The van der Waals surface area contributed by atoms with Gasteiger partial charge in [0.2, 0.25) is 0 Å². The summed E-state index contributed by atoms with van der Waals surface area (Å²) in [5, 5.41) is 5.27. The van der Waals surface area contributed by atoms with E-state index in [9.17, 15) is 0 Å². The molecule has 1 saturated heterocycles. The molecule has 164 valence electrons. The van der Waals surface area contributed by atoms with E-state index >= 15 is 0 Å². The fourth-order valence-electron chi connectivity index (χ4n) is 5.48. The highest BCUT2D eigenvalue weighted by molar-refractivity contribution is 7.19. The van der Waals surface area contributed by atoms with Gasteiger partial charge in [0.1, 0.15) is 16.5 Å². The quantitative estimate of drug-likeness (QED) is 0.752. The Balaban J connectivity index is 1.51. The number of rotatable bonds is 4. The van der Waals surface area contributed by atoms with E-state index in [1.165, 1.54) is 54.3 Å². The largest absolute Gasteiger partial charge is 0.379 e. The number of hydrogen-bond donors (Lipinski definition) is 1. The second kappa shape index (κ2) is 8.71. The van der Waals surface area contributed by atoms with E-state index in [0.717, 1.165) is 56.3 Å². The average molecular weight is 429 g/mol. The molecule has 1 N–H and O–H groups in total. The van der Waals surface area contributed by atoms with Gasteiger partial charge in [0.05, 0.1) is 25.1 Å². The summed E-state index contributed by atoms with van der Waals surface area (Å²) >= 11 is 1.92. The summed E-state index contributed by atoms with van der Waals surface area (Å²) in [7, 11) is 0. The number of aryl methyl sites for hydroxylation is 1. The van der Waals surface area contributed by atoms with Crippen LogP contribution in [0.15, 0.2) is 0 Å². The molecule has 2 aliphatic carbocycles. The number of anilines is 1. The molecule has 0 unspecified atom stereocenters. The van der Waals surface area contributed by atoms with Crippen LogP contribution in [0.25, 0.3) is 10.2 Å². The first-order valence-electron chi connectivity index (χ1n) is 12.0. The third-order valence-electron chi connectivity index (χ3n) is 7.70. The van der Waals surface area contributed by atoms with Crippen molar-refractivity contribution in [2.75, 3.05) is 31.6 Å². The molecule has 6 heteroatoms. The lowest BCUT2D eigenvalue weighted by molar-refractivity contribution is 0.0331. The fourth-order valence-corrected chi connectivity index (χ4v) is 6.88. The van der Waals surface area contributed by atoms with Gasteiger partial charge in [-0.25, -0.2) is 9.97 Å². The summed E-state index contributed by atoms with van der Waals surface area (Å²) in [5.74, 6) is 4.32. The van der Waals surface area contributed by atoms with Crippen LogP contribution >= 0.6 is 11.3 Å². The van der Waals surface area contributed by atoms with Crippen LogP contribution in [0.2, 0.25) is 0 Å². The second-order valence-corrected chi connectivity index (χ2v) is 11.0. The molecule has 2 aromatic heterocycles. The summed E-state index contributed by atoms with van der Waals surface area (Å²) in [5.41, 5.74) is 1.53. The van der Waals surface area contributed by atoms with Crippen LogP contribution in [0.1, 0.15) is 62.7 Å². The Bertz CT molecular complexity index is 891. The molecule has 5 nitrogen and oxygen atoms in total. The Kier molecular flexibility index (Phi) is 6.00. The van der Waals surface area contributed by atoms with E-state index < -0.39 is 0 Å². The third kappa shape index (κ3) is 4.11. The minimum atomic E-state index is 0.515. The predicted octanol–water partition coefficient (Wildman–Crippen LogP) is 4.88. The highest BCUT2D eigenvalue weighted by Gasteiger charge is 2.30. The number of fused-ring (bicyclic) bond motifs is 3. The summed E-state index contributed by atoms with van der Waals surface area (Å²) < 4.78 is 5.53. The van der Waals surface area contributed by atoms with E-state index in [-0.39, 0.29) is 0 Å². The van der Waals surface area contributed by atoms with E-state index in [4.69, 9.17) is 14.7 Å². The molecular weight excluding hydrogens is 392 g/mol. The molecule has 3 heterocycles. The summed E-state index contributed by atoms with van der Waals surface area (Å²) in [4.78, 5) is 15.4. The van der Waals surface area contributed by atoms with E-state index in [0.29, 0.717) is 12.0 Å². The SMILES string of the molecule is C[C@H]1CCc2c(sc3nc(CN4CCOCC4)nc(N[C@@H]4CCC[C@H](C)[C@@H]4C)c23)C1. The smallest absolute Gasteiger partial charge is 0.146 e. The number of nitrogens with one attached hydrogen (secondary N) is 1. The van der Waals surface area contributed by atoms with Crippen molar-refractivity contribution in [3.63, 3.8) is 0 Å². The zero-order valence-corrected chi connectivity index (χ0v) is 19.6. The van der Waals surface area contributed by atoms with Crippen molar-refractivity contribution >= 4 is 27.4 Å². The molecule has 1 aliphatic heterocycles. The number of morpholine rings is 1. The van der Waals surface area contributed by atoms with Gasteiger partial charge in [-0.1, -0.05) is 33.6 Å². The van der Waals surface area contributed by atoms with Crippen molar-refractivity contribution in [3.05, 3.63) is 16.3 Å². The van der Waals surface area contributed by atoms with Crippen LogP contribution in [-0.4, -0.2) is 47.2 Å². The minimum Gasteiger partial charge on any atom is -0.379 e. The molecule has 2 aromatic rings. The molecule has 5 rings (SSSR count). The third-order valence-corrected chi connectivity index (χ3v) is 8.85. The van der Waals surface area contributed by atoms with Gasteiger partial charge >= 0.3 is 0 Å². The van der Waals surface area contributed by atoms with E-state index in [1.54, 1.807) is 4.88 Å². The average Bonchev–Trinajstić information content (AvgIpc) is 3.09. The zero-order chi connectivity index (χ0) is 20.7. The lowest BCUT2D eigenvalue weighted by Crippen LogP contribution is -2.37. The molecule has 30 heavy (non-hydrogen) atoms. The zero-order valence-electron chi connectivity index (χ0n) is 18.7. The first-order chi connectivity index (χ1) is 14.6. The van der Waals surface area contributed by atoms with Crippen molar-refractivity contribution in [1.29, 1.82) is 0 Å². The van der Waals surface area contributed by atoms with Gasteiger partial charge < -0.3 is 10.1 Å². The van der Waals surface area contributed by atoms with E-state index in [2.05, 4.69) is 31.0 Å². The normalized spacial score (nSPS) is 30.4. The molecule has 0 radical (unpaired) electrons. The number of thiophene rings is 1. The van der Waals surface area contributed by atoms with Crippen LogP contribution < -0.4 is 5.32 Å². The molecule has 0 bridgehead atoms. The lowest BCUT2D eigenvalue weighted by Gasteiger charge is -2.35. The van der Waals surface area contributed by atoms with Crippen molar-refractivity contribution in [1.82, 2.24) is 14.9 Å². The van der Waals surface area contributed by atoms with Crippen LogP contribution in [0.4, 0.5) is 5.82 Å². The van der Waals surface area contributed by atoms with Gasteiger partial charge in [0, 0.05) is 24.0 Å². The standard InChI is InChI=1S/C24H36N4OS/c1-15-7-8-18-20(13-15)30-24-22(18)23(25-19-6-4-5-16(2)17(19)3)26-21(27-24)14-28-9-11-29-12-10-28/h15-17,19H,4-14H2,1-3H3,(H,25,26,27)/t15-,16-,17-,19+/m0/s1. The Hall–Kier alpha value is -1.24. The van der Waals surface area contributed by atoms with Gasteiger partial charge in [-0.3, -0.25) is 4.90 Å². The second-order valence-electron chi connectivity index (χ2n) is 9.93. The van der Waals surface area contributed by atoms with Gasteiger partial charge in [-0.2, -0.15) is 0 Å². The minimum absolute atomic E-state index is 0.515. The van der Waals surface area contributed by atoms with Crippen molar-refractivity contribution in [3.8, 4) is 0 Å². The first kappa shape index (κ1) is 20.7. The first-order valence-corrected chi connectivity index (χ1v) is 12.8. The number of hydrogen-bond acceptors (Lipinski definition) is 6. The van der Waals surface area contributed by atoms with Gasteiger partial charge in [0.25, 0.3) is 0 Å². The molecular formula is C24H36N4OS. The maximum atomic E-state index is 5.53. The fraction of sp³-hybridized carbons (Fsp3) is 0.750. The van der Waals surface area contributed by atoms with Crippen LogP contribution in [-0.2, 0) is 24.1 Å². The van der Waals surface area contributed by atoms with Crippen molar-refractivity contribution in [2.24, 2.45) is 17.8 Å². The van der Waals surface area contributed by atoms with Gasteiger partial charge in [-0.05, 0) is 49.0 Å². The topological polar surface area (TPSA) is 50.3 Å². The maximum Gasteiger partial charge on any atom is 0.146 e. The molecule has 1 saturated carbocycles. The highest BCUT2D eigenvalue weighted by Crippen LogP contribution is 2.41. The molecule has 2 fully saturated rings. The van der Waals surface area contributed by atoms with Gasteiger partial charge in [0.15, 0.2) is 0 Å². The van der Waals surface area contributed by atoms with Crippen molar-refractivity contribution in [2.45, 2.75) is 71.9 Å². The summed E-state index contributed by atoms with van der Waals surface area (Å²) in [6, 6.07) is 0.515. The number of ether oxygens (including phenoxy) is 1. The van der Waals surface area contributed by atoms with Gasteiger partial charge in [-0.15, -0.1) is 11.3 Å². The Morgan fingerprint density at radius 2 is 1.93 bits per heavy atom. The number of aromatic nitrogens is 2. The van der Waals surface area contributed by atoms with Crippen LogP contribution in [0.5, 0.6) is 0 Å². The van der Waals surface area contributed by atoms with E-state index in [1.807, 2.05) is 11.3 Å². The van der Waals surface area contributed by atoms with Crippen LogP contribution in [0, 0.1) is 17.8 Å². The predicted molar refractivity (Wildman–Crippen MR) is 124 cm³/mol. The maximum absolute atomic E-state index is 5.53. The van der Waals surface area contributed by atoms with Crippen LogP contribution in [0.3, 0.4) is 0 Å². The molecule has 0 amide bonds. The summed E-state index contributed by atoms with van der Waals surface area (Å²) in [6.45, 7) is 11.6. The highest BCUT2D eigenvalue weighted by atomic mass is 32.1. The Morgan fingerprint density at radius 1 is 1.10 bits per heavy atom. The summed E-state index contributed by atoms with van der Waals surface area (Å²) in [6.07, 6.45) is 7.58. The Morgan fingerprint density at radius 3 is 2.77 bits per heavy atom. The molecule has 0 spiro atoms. The Labute approximate surface area is 184 Å². The van der Waals surface area contributed by atoms with Crippen molar-refractivity contribution < 1.29 is 4.74 Å². The molecule has 3 aliphatic rings. The molecule has 4 atom stereocenters. The monoisotopic (exact) mass is 428 g/mol. The number of nitrogens with zero attached hydrogens (tertiary/aromatic N) is 3.